The van der Waals surface area contributed by atoms with Crippen LogP contribution in [0, 0.1) is 5.41 Å². The van der Waals surface area contributed by atoms with E-state index in [1.807, 2.05) is 19.9 Å². The van der Waals surface area contributed by atoms with E-state index in [1.165, 1.54) is 16.0 Å². The number of benzene rings is 1. The van der Waals surface area contributed by atoms with Crippen LogP contribution in [0.5, 0.6) is 0 Å². The monoisotopic (exact) mass is 272 g/mol. The Bertz CT molecular complexity index is 558. The summed E-state index contributed by atoms with van der Waals surface area (Å²) in [5, 5.41) is 3.30. The van der Waals surface area contributed by atoms with Crippen molar-refractivity contribution in [2.24, 2.45) is 5.41 Å². The first-order valence-electron chi connectivity index (χ1n) is 7.09. The van der Waals surface area contributed by atoms with Crippen molar-refractivity contribution < 1.29 is 9.59 Å². The maximum Gasteiger partial charge on any atom is 0.230 e. The Morgan fingerprint density at radius 1 is 1.10 bits per heavy atom. The largest absolute Gasteiger partial charge is 0.309 e. The highest BCUT2D eigenvalue weighted by atomic mass is 16.2. The van der Waals surface area contributed by atoms with E-state index in [-0.39, 0.29) is 17.2 Å². The van der Waals surface area contributed by atoms with Crippen LogP contribution in [0.15, 0.2) is 18.2 Å². The molecule has 2 aliphatic heterocycles. The molecule has 20 heavy (non-hydrogen) atoms. The molecule has 106 valence electrons. The van der Waals surface area contributed by atoms with Gasteiger partial charge in [-0.05, 0) is 22.1 Å². The molecule has 2 heterocycles. The fraction of sp³-hybridized carbons (Fsp3) is 0.500. The smallest absolute Gasteiger partial charge is 0.230 e. The van der Waals surface area contributed by atoms with Crippen LogP contribution in [0.25, 0.3) is 0 Å². The van der Waals surface area contributed by atoms with Crippen molar-refractivity contribution in [3.05, 3.63) is 34.9 Å². The summed E-state index contributed by atoms with van der Waals surface area (Å²) in [6, 6.07) is 6.22. The second-order valence-corrected chi connectivity index (χ2v) is 6.60. The second kappa shape index (κ2) is 4.70. The van der Waals surface area contributed by atoms with Gasteiger partial charge >= 0.3 is 0 Å². The summed E-state index contributed by atoms with van der Waals surface area (Å²) >= 11 is 0. The molecular formula is C16H20N2O2. The van der Waals surface area contributed by atoms with Gasteiger partial charge in [-0.3, -0.25) is 14.5 Å². The summed E-state index contributed by atoms with van der Waals surface area (Å²) in [5.41, 5.74) is 3.42. The highest BCUT2D eigenvalue weighted by Crippen LogP contribution is 2.32. The van der Waals surface area contributed by atoms with E-state index >= 15 is 0 Å². The zero-order valence-corrected chi connectivity index (χ0v) is 12.0. The number of imide groups is 1. The zero-order chi connectivity index (χ0) is 14.3. The van der Waals surface area contributed by atoms with Crippen molar-refractivity contribution in [2.75, 3.05) is 0 Å². The SMILES string of the molecule is CC1(C)CC(=O)N(Cc2ccc3c(c2)CNC3)C(=O)C1. The molecule has 0 atom stereocenters. The van der Waals surface area contributed by atoms with Gasteiger partial charge in [0.2, 0.25) is 11.8 Å². The fourth-order valence-electron chi connectivity index (χ4n) is 3.02. The van der Waals surface area contributed by atoms with Crippen LogP contribution in [-0.4, -0.2) is 16.7 Å². The van der Waals surface area contributed by atoms with Crippen LogP contribution in [0.3, 0.4) is 0 Å². The van der Waals surface area contributed by atoms with Crippen LogP contribution < -0.4 is 5.32 Å². The molecule has 4 heteroatoms. The second-order valence-electron chi connectivity index (χ2n) is 6.60. The molecule has 0 saturated carbocycles. The van der Waals surface area contributed by atoms with Crippen molar-refractivity contribution in [3.8, 4) is 0 Å². The number of hydrogen-bond acceptors (Lipinski definition) is 3. The number of amides is 2. The quantitative estimate of drug-likeness (QED) is 0.837. The van der Waals surface area contributed by atoms with E-state index in [4.69, 9.17) is 0 Å². The third kappa shape index (κ3) is 2.48. The molecule has 2 aliphatic rings. The van der Waals surface area contributed by atoms with Crippen molar-refractivity contribution in [1.29, 1.82) is 0 Å². The molecule has 0 spiro atoms. The maximum absolute atomic E-state index is 12.2. The first kappa shape index (κ1) is 13.3. The van der Waals surface area contributed by atoms with Gasteiger partial charge in [-0.2, -0.15) is 0 Å². The van der Waals surface area contributed by atoms with Crippen LogP contribution in [0.4, 0.5) is 0 Å². The first-order valence-corrected chi connectivity index (χ1v) is 7.09. The molecule has 2 amide bonds. The van der Waals surface area contributed by atoms with Gasteiger partial charge in [-0.25, -0.2) is 0 Å². The average molecular weight is 272 g/mol. The van der Waals surface area contributed by atoms with Gasteiger partial charge in [0.05, 0.1) is 6.54 Å². The van der Waals surface area contributed by atoms with Crippen LogP contribution in [0.2, 0.25) is 0 Å². The maximum atomic E-state index is 12.2. The number of fused-ring (bicyclic) bond motifs is 1. The molecule has 1 aromatic rings. The lowest BCUT2D eigenvalue weighted by atomic mass is 9.81. The predicted octanol–water partition coefficient (Wildman–Crippen LogP) is 1.96. The Morgan fingerprint density at radius 2 is 1.75 bits per heavy atom. The minimum atomic E-state index is -0.202. The van der Waals surface area contributed by atoms with Crippen molar-refractivity contribution in [3.63, 3.8) is 0 Å². The molecule has 3 rings (SSSR count). The van der Waals surface area contributed by atoms with E-state index in [0.29, 0.717) is 19.4 Å². The lowest BCUT2D eigenvalue weighted by molar-refractivity contribution is -0.153. The van der Waals surface area contributed by atoms with Gasteiger partial charge < -0.3 is 5.32 Å². The third-order valence-electron chi connectivity index (χ3n) is 4.10. The lowest BCUT2D eigenvalue weighted by Gasteiger charge is -2.34. The Morgan fingerprint density at radius 3 is 2.45 bits per heavy atom. The van der Waals surface area contributed by atoms with E-state index in [2.05, 4.69) is 17.4 Å². The van der Waals surface area contributed by atoms with E-state index < -0.39 is 0 Å². The summed E-state index contributed by atoms with van der Waals surface area (Å²) in [5.74, 6) is -0.102. The van der Waals surface area contributed by atoms with E-state index in [1.54, 1.807) is 0 Å². The van der Waals surface area contributed by atoms with Gasteiger partial charge in [-0.15, -0.1) is 0 Å². The summed E-state index contributed by atoms with van der Waals surface area (Å²) in [6.45, 7) is 6.13. The lowest BCUT2D eigenvalue weighted by Crippen LogP contribution is -2.45. The minimum Gasteiger partial charge on any atom is -0.309 e. The topological polar surface area (TPSA) is 49.4 Å². The molecule has 0 aromatic heterocycles. The number of likely N-dealkylation sites (tertiary alicyclic amines) is 1. The molecule has 4 nitrogen and oxygen atoms in total. The molecule has 1 N–H and O–H groups in total. The fourth-order valence-corrected chi connectivity index (χ4v) is 3.02. The summed E-state index contributed by atoms with van der Waals surface area (Å²) in [6.07, 6.45) is 0.899. The van der Waals surface area contributed by atoms with Gasteiger partial charge in [-0.1, -0.05) is 32.0 Å². The van der Waals surface area contributed by atoms with Crippen LogP contribution in [0.1, 0.15) is 43.4 Å². The molecular weight excluding hydrogens is 252 g/mol. The third-order valence-corrected chi connectivity index (χ3v) is 4.10. The molecule has 1 saturated heterocycles. The molecule has 1 fully saturated rings. The van der Waals surface area contributed by atoms with Crippen LogP contribution in [-0.2, 0) is 29.2 Å². The predicted molar refractivity (Wildman–Crippen MR) is 75.6 cm³/mol. The van der Waals surface area contributed by atoms with Crippen molar-refractivity contribution in [1.82, 2.24) is 10.2 Å². The van der Waals surface area contributed by atoms with E-state index in [0.717, 1.165) is 18.7 Å². The number of carbonyl (C=O) groups is 2. The number of piperidine rings is 1. The van der Waals surface area contributed by atoms with Crippen molar-refractivity contribution >= 4 is 11.8 Å². The van der Waals surface area contributed by atoms with E-state index in [9.17, 15) is 9.59 Å². The van der Waals surface area contributed by atoms with Gasteiger partial charge in [0.1, 0.15) is 0 Å². The van der Waals surface area contributed by atoms with Gasteiger partial charge in [0.15, 0.2) is 0 Å². The Labute approximate surface area is 119 Å². The number of nitrogens with zero attached hydrogens (tertiary/aromatic N) is 1. The molecule has 0 unspecified atom stereocenters. The highest BCUT2D eigenvalue weighted by molar-refractivity contribution is 5.98. The first-order chi connectivity index (χ1) is 9.44. The zero-order valence-electron chi connectivity index (χ0n) is 12.0. The number of hydrogen-bond donors (Lipinski definition) is 1. The summed E-state index contributed by atoms with van der Waals surface area (Å²) in [4.78, 5) is 25.7. The number of carbonyl (C=O) groups excluding carboxylic acids is 2. The van der Waals surface area contributed by atoms with Crippen LogP contribution >= 0.6 is 0 Å². The van der Waals surface area contributed by atoms with Crippen molar-refractivity contribution in [2.45, 2.75) is 46.3 Å². The molecule has 0 aliphatic carbocycles. The summed E-state index contributed by atoms with van der Waals surface area (Å²) in [7, 11) is 0. The molecule has 0 radical (unpaired) electrons. The van der Waals surface area contributed by atoms with Gasteiger partial charge in [0.25, 0.3) is 0 Å². The molecule has 0 bridgehead atoms. The van der Waals surface area contributed by atoms with Gasteiger partial charge in [0, 0.05) is 25.9 Å². The highest BCUT2D eigenvalue weighted by Gasteiger charge is 2.37. The normalized spacial score (nSPS) is 21.2. The minimum absolute atomic E-state index is 0.0510. The number of nitrogens with one attached hydrogen (secondary N) is 1. The summed E-state index contributed by atoms with van der Waals surface area (Å²) < 4.78 is 0. The Kier molecular flexibility index (Phi) is 3.13. The average Bonchev–Trinajstić information content (AvgIpc) is 2.80. The number of rotatable bonds is 2. The molecule has 1 aromatic carbocycles. The Balaban J connectivity index is 1.77. The standard InChI is InChI=1S/C16H20N2O2/c1-16(2)6-14(19)18(15(20)7-16)10-11-3-4-12-8-17-9-13(12)5-11/h3-5,17H,6-10H2,1-2H3. The Hall–Kier alpha value is -1.68.